The Morgan fingerprint density at radius 1 is 0.750 bits per heavy atom. The molecule has 0 N–H and O–H groups in total. The molecule has 0 saturated carbocycles. The van der Waals surface area contributed by atoms with Gasteiger partial charge in [-0.2, -0.15) is 0 Å². The predicted molar refractivity (Wildman–Crippen MR) is 103 cm³/mol. The lowest BCUT2D eigenvalue weighted by Gasteiger charge is -2.06. The first-order valence-electron chi connectivity index (χ1n) is 7.86. The van der Waals surface area contributed by atoms with Gasteiger partial charge in [0.1, 0.15) is 0 Å². The molecule has 116 valence electrons. The molecule has 1 heteroatoms. The van der Waals surface area contributed by atoms with E-state index in [2.05, 4.69) is 36.1 Å². The first kappa shape index (κ1) is 16.1. The van der Waals surface area contributed by atoms with Crippen molar-refractivity contribution in [3.05, 3.63) is 113 Å². The van der Waals surface area contributed by atoms with Crippen LogP contribution in [0.5, 0.6) is 0 Å². The van der Waals surface area contributed by atoms with Gasteiger partial charge in [0, 0.05) is 10.6 Å². The van der Waals surface area contributed by atoms with Gasteiger partial charge >= 0.3 is 0 Å². The van der Waals surface area contributed by atoms with E-state index in [1.165, 1.54) is 0 Å². The summed E-state index contributed by atoms with van der Waals surface area (Å²) < 4.78 is 0. The van der Waals surface area contributed by atoms with Gasteiger partial charge in [-0.05, 0) is 35.4 Å². The third-order valence-electron chi connectivity index (χ3n) is 3.66. The Morgan fingerprint density at radius 3 is 2.04 bits per heavy atom. The molecule has 3 aromatic rings. The Balaban J connectivity index is 1.90. The first-order chi connectivity index (χ1) is 11.8. The summed E-state index contributed by atoms with van der Waals surface area (Å²) in [6.07, 6.45) is 4.24. The fourth-order valence-electron chi connectivity index (χ4n) is 2.37. The maximum atomic E-state index is 6.01. The molecule has 0 fully saturated rings. The van der Waals surface area contributed by atoms with E-state index in [1.54, 1.807) is 0 Å². The first-order valence-corrected chi connectivity index (χ1v) is 8.24. The van der Waals surface area contributed by atoms with E-state index in [1.807, 2.05) is 72.8 Å². The highest BCUT2D eigenvalue weighted by atomic mass is 35.5. The molecule has 0 aromatic heterocycles. The molecule has 1 unspecified atom stereocenters. The van der Waals surface area contributed by atoms with Crippen molar-refractivity contribution in [3.63, 3.8) is 0 Å². The van der Waals surface area contributed by atoms with Gasteiger partial charge in [-0.1, -0.05) is 96.3 Å². The van der Waals surface area contributed by atoms with Gasteiger partial charge in [-0.15, -0.1) is 0 Å². The average Bonchev–Trinajstić information content (AvgIpc) is 2.64. The van der Waals surface area contributed by atoms with Crippen LogP contribution in [0.1, 0.15) is 22.6 Å². The van der Waals surface area contributed by atoms with Gasteiger partial charge < -0.3 is 0 Å². The van der Waals surface area contributed by atoms with Crippen LogP contribution in [0.4, 0.5) is 0 Å². The number of allylic oxidation sites excluding steroid dienone is 1. The number of rotatable bonds is 3. The van der Waals surface area contributed by atoms with Crippen LogP contribution in [0, 0.1) is 11.8 Å². The minimum atomic E-state index is 0.0164. The molecule has 24 heavy (non-hydrogen) atoms. The molecule has 0 radical (unpaired) electrons. The highest BCUT2D eigenvalue weighted by Gasteiger charge is 2.04. The van der Waals surface area contributed by atoms with Crippen molar-refractivity contribution >= 4 is 17.7 Å². The lowest BCUT2D eigenvalue weighted by atomic mass is 9.98. The van der Waals surface area contributed by atoms with Crippen LogP contribution in [0.25, 0.3) is 6.08 Å². The van der Waals surface area contributed by atoms with Crippen molar-refractivity contribution in [2.24, 2.45) is 0 Å². The lowest BCUT2D eigenvalue weighted by Crippen LogP contribution is -1.92. The third-order valence-corrected chi connectivity index (χ3v) is 3.91. The molecule has 0 aliphatic carbocycles. The van der Waals surface area contributed by atoms with Gasteiger partial charge in [0.05, 0.1) is 5.92 Å². The summed E-state index contributed by atoms with van der Waals surface area (Å²) in [4.78, 5) is 0. The molecular weight excluding hydrogens is 312 g/mol. The zero-order chi connectivity index (χ0) is 16.6. The van der Waals surface area contributed by atoms with Gasteiger partial charge in [0.25, 0.3) is 0 Å². The van der Waals surface area contributed by atoms with Gasteiger partial charge in [-0.3, -0.25) is 0 Å². The molecule has 0 heterocycles. The van der Waals surface area contributed by atoms with Gasteiger partial charge in [-0.25, -0.2) is 0 Å². The summed E-state index contributed by atoms with van der Waals surface area (Å²) in [5.41, 5.74) is 3.32. The zero-order valence-electron chi connectivity index (χ0n) is 13.2. The molecule has 0 saturated heterocycles. The normalized spacial score (nSPS) is 11.7. The molecule has 0 aliphatic heterocycles. The second-order valence-corrected chi connectivity index (χ2v) is 5.87. The molecule has 0 amide bonds. The van der Waals surface area contributed by atoms with Crippen LogP contribution in [0.2, 0.25) is 5.02 Å². The Bertz CT molecular complexity index is 851. The van der Waals surface area contributed by atoms with E-state index >= 15 is 0 Å². The minimum Gasteiger partial charge on any atom is -0.0855 e. The summed E-state index contributed by atoms with van der Waals surface area (Å²) in [7, 11) is 0. The smallest absolute Gasteiger partial charge is 0.0639 e. The molecule has 0 aliphatic rings. The second-order valence-electron chi connectivity index (χ2n) is 5.43. The van der Waals surface area contributed by atoms with Crippen LogP contribution >= 0.6 is 11.6 Å². The van der Waals surface area contributed by atoms with Crippen molar-refractivity contribution in [1.82, 2.24) is 0 Å². The van der Waals surface area contributed by atoms with E-state index in [0.717, 1.165) is 21.7 Å². The summed E-state index contributed by atoms with van der Waals surface area (Å²) in [6, 6.07) is 28.2. The van der Waals surface area contributed by atoms with Gasteiger partial charge in [0.15, 0.2) is 0 Å². The van der Waals surface area contributed by atoms with E-state index in [-0.39, 0.29) is 5.92 Å². The maximum absolute atomic E-state index is 6.01. The Morgan fingerprint density at radius 2 is 1.38 bits per heavy atom. The van der Waals surface area contributed by atoms with Crippen LogP contribution in [0.15, 0.2) is 91.0 Å². The third kappa shape index (κ3) is 4.62. The fourth-order valence-corrected chi connectivity index (χ4v) is 2.49. The van der Waals surface area contributed by atoms with Crippen molar-refractivity contribution in [3.8, 4) is 11.8 Å². The summed E-state index contributed by atoms with van der Waals surface area (Å²) in [6.45, 7) is 0. The average molecular weight is 329 g/mol. The fraction of sp³-hybridized carbons (Fsp3) is 0.0435. The molecule has 1 atom stereocenters. The van der Waals surface area contributed by atoms with Crippen molar-refractivity contribution in [1.29, 1.82) is 0 Å². The van der Waals surface area contributed by atoms with E-state index in [0.29, 0.717) is 0 Å². The van der Waals surface area contributed by atoms with Crippen LogP contribution in [-0.4, -0.2) is 0 Å². The second kappa shape index (κ2) is 8.20. The summed E-state index contributed by atoms with van der Waals surface area (Å²) >= 11 is 6.01. The number of benzene rings is 3. The SMILES string of the molecule is Clc1ccc(C(C#Cc2ccccc2)/C=C/c2ccccc2)cc1. The Hall–Kier alpha value is -2.75. The van der Waals surface area contributed by atoms with Crippen molar-refractivity contribution in [2.45, 2.75) is 5.92 Å². The number of halogens is 1. The lowest BCUT2D eigenvalue weighted by molar-refractivity contribution is 1.13. The van der Waals surface area contributed by atoms with E-state index in [4.69, 9.17) is 11.6 Å². The monoisotopic (exact) mass is 328 g/mol. The van der Waals surface area contributed by atoms with Gasteiger partial charge in [0.2, 0.25) is 0 Å². The Labute approximate surface area is 148 Å². The predicted octanol–water partition coefficient (Wildman–Crippen LogP) is 6.19. The molecule has 0 nitrogen and oxygen atoms in total. The highest BCUT2D eigenvalue weighted by Crippen LogP contribution is 2.20. The molecule has 0 spiro atoms. The molecule has 3 aromatic carbocycles. The maximum Gasteiger partial charge on any atom is 0.0639 e. The zero-order valence-corrected chi connectivity index (χ0v) is 13.9. The van der Waals surface area contributed by atoms with Crippen LogP contribution in [-0.2, 0) is 0 Å². The quantitative estimate of drug-likeness (QED) is 0.503. The summed E-state index contributed by atoms with van der Waals surface area (Å²) in [5.74, 6) is 6.64. The van der Waals surface area contributed by atoms with E-state index < -0.39 is 0 Å². The summed E-state index contributed by atoms with van der Waals surface area (Å²) in [5, 5.41) is 0.737. The molecular formula is C23H17Cl. The standard InChI is InChI=1S/C23H17Cl/c24-23-17-15-22(16-18-23)21(13-11-19-7-3-1-4-8-19)14-12-20-9-5-2-6-10-20/h1-11,13,15-18,21H/b13-11+. The van der Waals surface area contributed by atoms with Crippen molar-refractivity contribution in [2.75, 3.05) is 0 Å². The van der Waals surface area contributed by atoms with E-state index in [9.17, 15) is 0 Å². The topological polar surface area (TPSA) is 0 Å². The highest BCUT2D eigenvalue weighted by molar-refractivity contribution is 6.30. The molecule has 0 bridgehead atoms. The Kier molecular flexibility index (Phi) is 5.51. The van der Waals surface area contributed by atoms with Crippen LogP contribution in [0.3, 0.4) is 0 Å². The molecule has 3 rings (SSSR count). The largest absolute Gasteiger partial charge is 0.0855 e. The van der Waals surface area contributed by atoms with Crippen molar-refractivity contribution < 1.29 is 0 Å². The van der Waals surface area contributed by atoms with Crippen LogP contribution < -0.4 is 0 Å². The number of hydrogen-bond donors (Lipinski definition) is 0. The minimum absolute atomic E-state index is 0.0164. The number of hydrogen-bond acceptors (Lipinski definition) is 0.